The minimum absolute atomic E-state index is 0.138. The molecule has 0 saturated heterocycles. The van der Waals surface area contributed by atoms with Crippen molar-refractivity contribution in [3.05, 3.63) is 54.2 Å². The number of phenolic OH excluding ortho intramolecular Hbond substituents is 2. The van der Waals surface area contributed by atoms with Crippen molar-refractivity contribution in [1.82, 2.24) is 4.31 Å². The molecular formula is C17H24N2O2S. The molecule has 1 rings (SSSR count). The Kier molecular flexibility index (Phi) is 7.80. The van der Waals surface area contributed by atoms with Crippen molar-refractivity contribution in [2.24, 2.45) is 5.73 Å². The lowest BCUT2D eigenvalue weighted by Gasteiger charge is -2.21. The van der Waals surface area contributed by atoms with Crippen molar-refractivity contribution in [3.63, 3.8) is 0 Å². The Labute approximate surface area is 136 Å². The SMILES string of the molecule is C=C/C(=C\C=C/C)CN(CCN)Sc1cc(O)cc(C)c1O. The minimum atomic E-state index is 0.138. The molecule has 0 aromatic heterocycles. The van der Waals surface area contributed by atoms with Crippen molar-refractivity contribution in [2.75, 3.05) is 19.6 Å². The highest BCUT2D eigenvalue weighted by atomic mass is 32.2. The first-order valence-electron chi connectivity index (χ1n) is 7.11. The molecule has 0 radical (unpaired) electrons. The maximum atomic E-state index is 10.1. The molecule has 0 atom stereocenters. The van der Waals surface area contributed by atoms with Gasteiger partial charge < -0.3 is 15.9 Å². The fourth-order valence-electron chi connectivity index (χ4n) is 1.85. The maximum Gasteiger partial charge on any atom is 0.133 e. The van der Waals surface area contributed by atoms with Crippen molar-refractivity contribution >= 4 is 11.9 Å². The molecule has 0 bridgehead atoms. The molecule has 0 unspecified atom stereocenters. The first-order valence-corrected chi connectivity index (χ1v) is 7.89. The van der Waals surface area contributed by atoms with Crippen LogP contribution in [-0.2, 0) is 0 Å². The third-order valence-electron chi connectivity index (χ3n) is 2.98. The highest BCUT2D eigenvalue weighted by Crippen LogP contribution is 2.36. The summed E-state index contributed by atoms with van der Waals surface area (Å²) in [5.74, 6) is 0.321. The first-order chi connectivity index (χ1) is 10.5. The van der Waals surface area contributed by atoms with Crippen LogP contribution in [0.1, 0.15) is 12.5 Å². The lowest BCUT2D eigenvalue weighted by atomic mass is 10.2. The molecule has 22 heavy (non-hydrogen) atoms. The zero-order chi connectivity index (χ0) is 16.5. The number of aryl methyl sites for hydroxylation is 1. The zero-order valence-corrected chi connectivity index (χ0v) is 13.9. The van der Waals surface area contributed by atoms with Gasteiger partial charge in [-0.05, 0) is 49.1 Å². The molecule has 0 aliphatic heterocycles. The molecule has 0 amide bonds. The number of benzene rings is 1. The highest BCUT2D eigenvalue weighted by Gasteiger charge is 2.13. The highest BCUT2D eigenvalue weighted by molar-refractivity contribution is 7.97. The molecule has 0 spiro atoms. The van der Waals surface area contributed by atoms with Crippen LogP contribution in [0.4, 0.5) is 0 Å². The summed E-state index contributed by atoms with van der Waals surface area (Å²) < 4.78 is 2.03. The van der Waals surface area contributed by atoms with E-state index in [9.17, 15) is 10.2 Å². The predicted molar refractivity (Wildman–Crippen MR) is 94.1 cm³/mol. The first kappa shape index (κ1) is 18.4. The summed E-state index contributed by atoms with van der Waals surface area (Å²) in [4.78, 5) is 0.611. The topological polar surface area (TPSA) is 69.7 Å². The molecule has 1 aromatic rings. The summed E-state index contributed by atoms with van der Waals surface area (Å²) >= 11 is 1.38. The summed E-state index contributed by atoms with van der Waals surface area (Å²) in [6.45, 7) is 9.33. The van der Waals surface area contributed by atoms with E-state index in [0.717, 1.165) is 5.57 Å². The second-order valence-electron chi connectivity index (χ2n) is 4.82. The molecule has 5 heteroatoms. The average Bonchev–Trinajstić information content (AvgIpc) is 2.48. The number of hydrogen-bond acceptors (Lipinski definition) is 5. The zero-order valence-electron chi connectivity index (χ0n) is 13.1. The van der Waals surface area contributed by atoms with Gasteiger partial charge in [-0.2, -0.15) is 0 Å². The van der Waals surface area contributed by atoms with E-state index in [4.69, 9.17) is 5.73 Å². The number of allylic oxidation sites excluding steroid dienone is 3. The summed E-state index contributed by atoms with van der Waals surface area (Å²) in [5, 5.41) is 19.8. The van der Waals surface area contributed by atoms with Crippen LogP contribution in [0.5, 0.6) is 11.5 Å². The van der Waals surface area contributed by atoms with Gasteiger partial charge in [-0.3, -0.25) is 0 Å². The smallest absolute Gasteiger partial charge is 0.133 e. The van der Waals surface area contributed by atoms with Gasteiger partial charge in [0, 0.05) is 19.6 Å². The van der Waals surface area contributed by atoms with Crippen LogP contribution in [0.2, 0.25) is 0 Å². The van der Waals surface area contributed by atoms with Crippen molar-refractivity contribution < 1.29 is 10.2 Å². The molecule has 4 nitrogen and oxygen atoms in total. The number of phenols is 2. The third-order valence-corrected chi connectivity index (χ3v) is 4.06. The van der Waals surface area contributed by atoms with Gasteiger partial charge in [-0.25, -0.2) is 4.31 Å². The van der Waals surface area contributed by atoms with Gasteiger partial charge in [-0.1, -0.05) is 30.9 Å². The van der Waals surface area contributed by atoms with Gasteiger partial charge >= 0.3 is 0 Å². The van der Waals surface area contributed by atoms with Crippen LogP contribution in [0.15, 0.2) is 53.5 Å². The Morgan fingerprint density at radius 3 is 2.73 bits per heavy atom. The second-order valence-corrected chi connectivity index (χ2v) is 5.96. The Morgan fingerprint density at radius 2 is 2.14 bits per heavy atom. The minimum Gasteiger partial charge on any atom is -0.508 e. The Hall–Kier alpha value is -1.69. The van der Waals surface area contributed by atoms with Crippen LogP contribution in [0, 0.1) is 6.92 Å². The molecule has 4 N–H and O–H groups in total. The maximum absolute atomic E-state index is 10.1. The predicted octanol–water partition coefficient (Wildman–Crippen LogP) is 3.36. The van der Waals surface area contributed by atoms with Crippen LogP contribution < -0.4 is 5.73 Å². The van der Waals surface area contributed by atoms with E-state index in [1.165, 1.54) is 18.0 Å². The quantitative estimate of drug-likeness (QED) is 0.389. The Bertz CT molecular complexity index is 568. The molecule has 0 aliphatic rings. The van der Waals surface area contributed by atoms with Crippen LogP contribution >= 0.6 is 11.9 Å². The largest absolute Gasteiger partial charge is 0.508 e. The summed E-state index contributed by atoms with van der Waals surface area (Å²) in [5.41, 5.74) is 7.37. The monoisotopic (exact) mass is 320 g/mol. The molecule has 1 aromatic carbocycles. The van der Waals surface area contributed by atoms with E-state index >= 15 is 0 Å². The van der Waals surface area contributed by atoms with E-state index in [0.29, 0.717) is 30.1 Å². The van der Waals surface area contributed by atoms with Crippen LogP contribution in [-0.4, -0.2) is 34.2 Å². The van der Waals surface area contributed by atoms with Crippen molar-refractivity contribution in [1.29, 1.82) is 0 Å². The molecular weight excluding hydrogens is 296 g/mol. The Morgan fingerprint density at radius 1 is 1.41 bits per heavy atom. The summed E-state index contributed by atoms with van der Waals surface area (Å²) in [7, 11) is 0. The average molecular weight is 320 g/mol. The number of hydrogen-bond donors (Lipinski definition) is 3. The van der Waals surface area contributed by atoms with Gasteiger partial charge in [0.25, 0.3) is 0 Å². The summed E-state index contributed by atoms with van der Waals surface area (Å²) in [6, 6.07) is 3.09. The van der Waals surface area contributed by atoms with Crippen molar-refractivity contribution in [3.8, 4) is 11.5 Å². The molecule has 0 saturated carbocycles. The third kappa shape index (κ3) is 5.60. The fraction of sp³-hybridized carbons (Fsp3) is 0.294. The molecule has 0 heterocycles. The molecule has 120 valence electrons. The van der Waals surface area contributed by atoms with Gasteiger partial charge in [-0.15, -0.1) is 0 Å². The van der Waals surface area contributed by atoms with E-state index in [2.05, 4.69) is 6.58 Å². The number of rotatable bonds is 8. The van der Waals surface area contributed by atoms with E-state index in [1.807, 2.05) is 29.5 Å². The van der Waals surface area contributed by atoms with Gasteiger partial charge in [0.15, 0.2) is 0 Å². The Balaban J connectivity index is 2.95. The van der Waals surface area contributed by atoms with Crippen LogP contribution in [0.3, 0.4) is 0 Å². The second kappa shape index (κ2) is 9.35. The van der Waals surface area contributed by atoms with E-state index in [-0.39, 0.29) is 11.5 Å². The van der Waals surface area contributed by atoms with E-state index in [1.54, 1.807) is 19.1 Å². The normalized spacial score (nSPS) is 12.3. The number of nitrogens with zero attached hydrogens (tertiary/aromatic N) is 1. The van der Waals surface area contributed by atoms with E-state index < -0.39 is 0 Å². The van der Waals surface area contributed by atoms with Crippen LogP contribution in [0.25, 0.3) is 0 Å². The number of nitrogens with two attached hydrogens (primary N) is 1. The van der Waals surface area contributed by atoms with Gasteiger partial charge in [0.1, 0.15) is 11.5 Å². The van der Waals surface area contributed by atoms with Gasteiger partial charge in [0.2, 0.25) is 0 Å². The lowest BCUT2D eigenvalue weighted by molar-refractivity contribution is 0.442. The molecule has 0 aliphatic carbocycles. The summed E-state index contributed by atoms with van der Waals surface area (Å²) in [6.07, 6.45) is 7.70. The van der Waals surface area contributed by atoms with Gasteiger partial charge in [0.05, 0.1) is 4.90 Å². The number of aromatic hydroxyl groups is 2. The lowest BCUT2D eigenvalue weighted by Crippen LogP contribution is -2.25. The molecule has 0 fully saturated rings. The van der Waals surface area contributed by atoms with Crippen molar-refractivity contribution in [2.45, 2.75) is 18.7 Å². The standard InChI is InChI=1S/C17H24N2O2S/c1-4-6-7-14(5-2)12-19(9-8-18)22-16-11-15(20)10-13(3)17(16)21/h4-7,10-11,20-21H,2,8-9,12,18H2,1,3H3/b6-4-,14-7+. The fourth-order valence-corrected chi connectivity index (χ4v) is 2.96.